The first kappa shape index (κ1) is 13.5. The lowest BCUT2D eigenvalue weighted by Gasteiger charge is -2.33. The first-order chi connectivity index (χ1) is 7.50. The van der Waals surface area contributed by atoms with Crippen LogP contribution in [0.2, 0.25) is 0 Å². The van der Waals surface area contributed by atoms with Crippen LogP contribution < -0.4 is 0 Å². The van der Waals surface area contributed by atoms with Crippen molar-refractivity contribution < 1.29 is 9.90 Å². The normalized spacial score (nSPS) is 27.5. The Kier molecular flexibility index (Phi) is 5.26. The molecule has 16 heavy (non-hydrogen) atoms. The highest BCUT2D eigenvalue weighted by Crippen LogP contribution is 2.26. The van der Waals surface area contributed by atoms with Crippen molar-refractivity contribution in [1.29, 1.82) is 0 Å². The molecule has 1 N–H and O–H groups in total. The summed E-state index contributed by atoms with van der Waals surface area (Å²) in [5.74, 6) is 0.998. The van der Waals surface area contributed by atoms with E-state index in [2.05, 4.69) is 6.92 Å². The number of aliphatic hydroxyl groups excluding tert-OH is 1. The summed E-state index contributed by atoms with van der Waals surface area (Å²) in [6.45, 7) is 4.01. The van der Waals surface area contributed by atoms with E-state index in [0.717, 1.165) is 18.8 Å². The van der Waals surface area contributed by atoms with Crippen LogP contribution in [-0.4, -0.2) is 35.1 Å². The molecule has 3 nitrogen and oxygen atoms in total. The van der Waals surface area contributed by atoms with Gasteiger partial charge in [-0.1, -0.05) is 6.92 Å². The summed E-state index contributed by atoms with van der Waals surface area (Å²) in [4.78, 5) is 13.7. The number of nitrogens with zero attached hydrogens (tertiary/aromatic N) is 1. The van der Waals surface area contributed by atoms with Gasteiger partial charge in [0.2, 0.25) is 5.91 Å². The van der Waals surface area contributed by atoms with Gasteiger partial charge in [-0.25, -0.2) is 0 Å². The van der Waals surface area contributed by atoms with E-state index in [1.807, 2.05) is 11.9 Å². The number of carbonyl (C=O) groups is 1. The van der Waals surface area contributed by atoms with Crippen molar-refractivity contribution in [2.75, 3.05) is 7.05 Å². The molecule has 0 saturated heterocycles. The van der Waals surface area contributed by atoms with Crippen molar-refractivity contribution in [3.05, 3.63) is 0 Å². The second-order valence-electron chi connectivity index (χ2n) is 5.31. The minimum absolute atomic E-state index is 0.181. The monoisotopic (exact) mass is 227 g/mol. The van der Waals surface area contributed by atoms with Gasteiger partial charge in [0.05, 0.1) is 6.10 Å². The Morgan fingerprint density at radius 1 is 1.38 bits per heavy atom. The molecule has 0 radical (unpaired) electrons. The van der Waals surface area contributed by atoms with Crippen LogP contribution in [0, 0.1) is 5.92 Å². The highest BCUT2D eigenvalue weighted by molar-refractivity contribution is 5.76. The van der Waals surface area contributed by atoms with Crippen molar-refractivity contribution in [2.45, 2.75) is 64.5 Å². The Bertz CT molecular complexity index is 220. The van der Waals surface area contributed by atoms with E-state index in [-0.39, 0.29) is 12.0 Å². The number of aliphatic hydroxyl groups is 1. The molecule has 0 aromatic carbocycles. The fourth-order valence-corrected chi connectivity index (χ4v) is 2.34. The lowest BCUT2D eigenvalue weighted by Crippen LogP contribution is -2.39. The third kappa shape index (κ3) is 4.12. The van der Waals surface area contributed by atoms with Gasteiger partial charge in [-0.2, -0.15) is 0 Å². The molecule has 1 fully saturated rings. The summed E-state index contributed by atoms with van der Waals surface area (Å²) in [5, 5.41) is 9.16. The molecule has 94 valence electrons. The molecule has 1 unspecified atom stereocenters. The van der Waals surface area contributed by atoms with Crippen LogP contribution in [0.5, 0.6) is 0 Å². The molecule has 1 rings (SSSR count). The maximum absolute atomic E-state index is 11.8. The van der Waals surface area contributed by atoms with Crippen molar-refractivity contribution in [3.63, 3.8) is 0 Å². The van der Waals surface area contributed by atoms with Gasteiger partial charge >= 0.3 is 0 Å². The van der Waals surface area contributed by atoms with Crippen LogP contribution in [-0.2, 0) is 4.79 Å². The van der Waals surface area contributed by atoms with Crippen LogP contribution in [0.4, 0.5) is 0 Å². The van der Waals surface area contributed by atoms with E-state index < -0.39 is 0 Å². The molecule has 1 saturated carbocycles. The number of rotatable bonds is 4. The summed E-state index contributed by atoms with van der Waals surface area (Å²) >= 11 is 0. The Morgan fingerprint density at radius 2 is 1.94 bits per heavy atom. The third-order valence-electron chi connectivity index (χ3n) is 3.70. The largest absolute Gasteiger partial charge is 0.393 e. The molecule has 1 aliphatic rings. The molecule has 0 heterocycles. The molecule has 0 spiro atoms. The predicted octanol–water partition coefficient (Wildman–Crippen LogP) is 2.18. The number of carbonyl (C=O) groups excluding carboxylic acids is 1. The summed E-state index contributed by atoms with van der Waals surface area (Å²) in [7, 11) is 1.91. The standard InChI is InChI=1S/C13H25NO2/c1-10-4-7-12(8-5-10)14(3)13(16)9-6-11(2)15/h10-12,15H,4-9H2,1-3H3. The second-order valence-corrected chi connectivity index (χ2v) is 5.31. The molecule has 3 heteroatoms. The third-order valence-corrected chi connectivity index (χ3v) is 3.70. The van der Waals surface area contributed by atoms with Crippen molar-refractivity contribution in [3.8, 4) is 0 Å². The molecule has 0 aliphatic heterocycles. The van der Waals surface area contributed by atoms with Gasteiger partial charge in [0.1, 0.15) is 0 Å². The van der Waals surface area contributed by atoms with Crippen LogP contribution in [0.25, 0.3) is 0 Å². The van der Waals surface area contributed by atoms with Gasteiger partial charge in [-0.05, 0) is 44.9 Å². The average molecular weight is 227 g/mol. The van der Waals surface area contributed by atoms with E-state index in [0.29, 0.717) is 18.9 Å². The zero-order chi connectivity index (χ0) is 12.1. The molecule has 0 bridgehead atoms. The quantitative estimate of drug-likeness (QED) is 0.799. The minimum Gasteiger partial charge on any atom is -0.393 e. The highest BCUT2D eigenvalue weighted by atomic mass is 16.3. The van der Waals surface area contributed by atoms with Crippen LogP contribution in [0.1, 0.15) is 52.4 Å². The molecule has 1 amide bonds. The lowest BCUT2D eigenvalue weighted by atomic mass is 9.86. The molecular formula is C13H25NO2. The van der Waals surface area contributed by atoms with Crippen molar-refractivity contribution in [1.82, 2.24) is 4.90 Å². The average Bonchev–Trinajstić information content (AvgIpc) is 2.26. The minimum atomic E-state index is -0.372. The maximum Gasteiger partial charge on any atom is 0.222 e. The van der Waals surface area contributed by atoms with E-state index in [1.165, 1.54) is 12.8 Å². The van der Waals surface area contributed by atoms with E-state index in [1.54, 1.807) is 6.92 Å². The van der Waals surface area contributed by atoms with E-state index in [4.69, 9.17) is 5.11 Å². The fraction of sp³-hybridized carbons (Fsp3) is 0.923. The number of hydrogen-bond donors (Lipinski definition) is 1. The lowest BCUT2D eigenvalue weighted by molar-refractivity contribution is -0.133. The molecule has 1 aliphatic carbocycles. The molecule has 0 aromatic heterocycles. The zero-order valence-corrected chi connectivity index (χ0v) is 10.8. The molecule has 0 aromatic rings. The number of hydrogen-bond acceptors (Lipinski definition) is 2. The van der Waals surface area contributed by atoms with E-state index in [9.17, 15) is 4.79 Å². The summed E-state index contributed by atoms with van der Waals surface area (Å²) in [5.41, 5.74) is 0. The van der Waals surface area contributed by atoms with Gasteiger partial charge in [0.15, 0.2) is 0 Å². The summed E-state index contributed by atoms with van der Waals surface area (Å²) in [6.07, 6.45) is 5.42. The Hall–Kier alpha value is -0.570. The van der Waals surface area contributed by atoms with Crippen molar-refractivity contribution >= 4 is 5.91 Å². The van der Waals surface area contributed by atoms with Gasteiger partial charge in [-0.15, -0.1) is 0 Å². The molecular weight excluding hydrogens is 202 g/mol. The van der Waals surface area contributed by atoms with Crippen molar-refractivity contribution in [2.24, 2.45) is 5.92 Å². The smallest absolute Gasteiger partial charge is 0.222 e. The first-order valence-corrected chi connectivity index (χ1v) is 6.44. The summed E-state index contributed by atoms with van der Waals surface area (Å²) < 4.78 is 0. The number of amides is 1. The summed E-state index contributed by atoms with van der Waals surface area (Å²) in [6, 6.07) is 0.428. The Labute approximate surface area is 98.8 Å². The van der Waals surface area contributed by atoms with Gasteiger partial charge in [0.25, 0.3) is 0 Å². The highest BCUT2D eigenvalue weighted by Gasteiger charge is 2.24. The zero-order valence-electron chi connectivity index (χ0n) is 10.8. The maximum atomic E-state index is 11.8. The fourth-order valence-electron chi connectivity index (χ4n) is 2.34. The Balaban J connectivity index is 2.32. The van der Waals surface area contributed by atoms with Gasteiger partial charge in [0, 0.05) is 19.5 Å². The van der Waals surface area contributed by atoms with Gasteiger partial charge in [-0.3, -0.25) is 4.79 Å². The molecule has 1 atom stereocenters. The Morgan fingerprint density at radius 3 is 2.44 bits per heavy atom. The topological polar surface area (TPSA) is 40.5 Å². The van der Waals surface area contributed by atoms with Crippen LogP contribution in [0.3, 0.4) is 0 Å². The predicted molar refractivity (Wildman–Crippen MR) is 65.1 cm³/mol. The van der Waals surface area contributed by atoms with Crippen LogP contribution >= 0.6 is 0 Å². The van der Waals surface area contributed by atoms with Crippen LogP contribution in [0.15, 0.2) is 0 Å². The van der Waals surface area contributed by atoms with Gasteiger partial charge < -0.3 is 10.0 Å². The second kappa shape index (κ2) is 6.24. The first-order valence-electron chi connectivity index (χ1n) is 6.44. The van der Waals surface area contributed by atoms with E-state index >= 15 is 0 Å². The SMILES string of the molecule is CC(O)CCC(=O)N(C)C1CCC(C)CC1.